The van der Waals surface area contributed by atoms with Gasteiger partial charge in [-0.15, -0.1) is 0 Å². The molecule has 0 radical (unpaired) electrons. The van der Waals surface area contributed by atoms with Crippen molar-refractivity contribution in [2.45, 2.75) is 185 Å². The fourth-order valence-electron chi connectivity index (χ4n) is 19.3. The Labute approximate surface area is 751 Å². The lowest BCUT2D eigenvalue weighted by molar-refractivity contribution is -0.152. The number of benzene rings is 5. The van der Waals surface area contributed by atoms with Crippen LogP contribution in [0.2, 0.25) is 0 Å². The number of halogens is 1. The number of likely N-dealkylation sites (tertiary alicyclic amines) is 2. The van der Waals surface area contributed by atoms with Gasteiger partial charge in [0.05, 0.1) is 87.2 Å². The fourth-order valence-corrected chi connectivity index (χ4v) is 19.3. The first kappa shape index (κ1) is 101. The average molecular weight is 1800 g/mol. The zero-order chi connectivity index (χ0) is 94.0. The van der Waals surface area contributed by atoms with Gasteiger partial charge in [0.15, 0.2) is 46.5 Å². The number of aromatic nitrogens is 1. The predicted octanol–water partition coefficient (Wildman–Crippen LogP) is 8.32. The second-order valence-corrected chi connectivity index (χ2v) is 34.2. The summed E-state index contributed by atoms with van der Waals surface area (Å²) in [7, 11) is 9.78. The van der Waals surface area contributed by atoms with E-state index >= 15 is 0 Å². The summed E-state index contributed by atoms with van der Waals surface area (Å²) in [5, 5.41) is 84.9. The van der Waals surface area contributed by atoms with Crippen molar-refractivity contribution in [3.63, 3.8) is 0 Å². The van der Waals surface area contributed by atoms with Gasteiger partial charge in [-0.2, -0.15) is 0 Å². The van der Waals surface area contributed by atoms with Crippen molar-refractivity contribution in [1.29, 1.82) is 0 Å². The van der Waals surface area contributed by atoms with E-state index in [-0.39, 0.29) is 102 Å². The number of aliphatic hydroxyl groups excluding tert-OH is 7. The molecule has 4 bridgehead atoms. The fraction of sp³-hybridized carbons (Fsp3) is 0.542. The van der Waals surface area contributed by atoms with Gasteiger partial charge in [0.2, 0.25) is 5.43 Å². The molecule has 16 atom stereocenters. The number of pyridine rings is 1. The highest BCUT2D eigenvalue weighted by atomic mass is 19.1. The topological polar surface area (TPSA) is 448 Å². The van der Waals surface area contributed by atoms with Crippen molar-refractivity contribution in [2.75, 3.05) is 137 Å². The summed E-state index contributed by atoms with van der Waals surface area (Å²) < 4.78 is 61.0. The lowest BCUT2D eigenvalue weighted by atomic mass is 9.52. The number of carboxylic acid groups (broad SMARTS) is 2. The molecule has 10 aliphatic rings. The van der Waals surface area contributed by atoms with Gasteiger partial charge < -0.3 is 119 Å². The standard InChI is InChI=1S/C22H27NO5.C18H20FN3O4.C18H21NO3.C12H15NO5.C10H20O4.C9H11NO2.C7H14O2/c1-23-8-7-22-14-5-3-13(10-16(25)17(26)11-24)21(22)28-20-18(27-2)6-4-12(19(20)22)9-15(14)23;1-10-9-26-17-14-11(16(23)12(18(24)25)8-22(10)14)7-13(19)15(17)21-5-3-20(2)4-6-21;1-19-8-7-18-11-4-5-13(20)17(18)22-16-14(21-2)6-3-10(15(16)18)9-12(11)19;1-2-18-12(17)8-3-5-9(6-4-8)13-11(16)10(15)7-14;1-3-5-8(4-2)10(13)14-7-9(12)6-11;1-2-12-9(11)7-3-5-8(10)6-4-7;1-3-5-6(4-2)7(8)9/h3-6,13-15,17,21,24,26H,7-11H2,1-2H3;7-8,10H,3-6,9H2,1-2H3,(H,24,25);3-6,11-13,17,20H,7-9H2,1-2H3;3-6,10,14-15H,2,7H2,1H3,(H,13,16);8-9,11-12H,3-7H2,1-2H3;3-6H,2,10H2,1H3;6H,3-5H2,1-2H3,(H,8,9)/t13-,14+,15-,17?,21+,22+;10-;11-,12+,13-,17-,18-;;;;/m100..../s1. The number of carboxylic acids is 2. The Kier molecular flexibility index (Phi) is 35.3. The van der Waals surface area contributed by atoms with Gasteiger partial charge in [-0.25, -0.2) is 18.8 Å². The van der Waals surface area contributed by atoms with Crippen molar-refractivity contribution in [1.82, 2.24) is 19.3 Å². The van der Waals surface area contributed by atoms with Crippen LogP contribution in [0.15, 0.2) is 114 Å². The molecule has 12 N–H and O–H groups in total. The van der Waals surface area contributed by atoms with Crippen LogP contribution in [-0.4, -0.2) is 276 Å². The maximum Gasteiger partial charge on any atom is 0.341 e. The molecule has 3 fully saturated rings. The number of carbonyl (C=O) groups is 7. The van der Waals surface area contributed by atoms with Gasteiger partial charge in [-0.1, -0.05) is 77.0 Å². The molecule has 7 heterocycles. The van der Waals surface area contributed by atoms with Crippen LogP contribution in [0.1, 0.15) is 166 Å². The quantitative estimate of drug-likeness (QED) is 0.0105. The highest BCUT2D eigenvalue weighted by Gasteiger charge is 2.66. The maximum absolute atomic E-state index is 15.0. The number of aliphatic carboxylic acids is 1. The first-order valence-corrected chi connectivity index (χ1v) is 44.5. The number of rotatable bonds is 26. The van der Waals surface area contributed by atoms with Crippen LogP contribution < -0.4 is 45.1 Å². The number of piperazine rings is 1. The first-order chi connectivity index (χ1) is 61.7. The Morgan fingerprint density at radius 2 is 1.16 bits per heavy atom. The van der Waals surface area contributed by atoms with Crippen LogP contribution in [0.25, 0.3) is 10.9 Å². The van der Waals surface area contributed by atoms with E-state index in [1.54, 1.807) is 56.9 Å². The van der Waals surface area contributed by atoms with Crippen LogP contribution in [0.3, 0.4) is 0 Å². The van der Waals surface area contributed by atoms with Gasteiger partial charge in [0, 0.05) is 102 Å². The number of methoxy groups -OCH3 is 2. The number of ether oxygens (including phenoxy) is 8. The monoisotopic (exact) mass is 1800 g/mol. The van der Waals surface area contributed by atoms with Crippen molar-refractivity contribution in [3.05, 3.63) is 164 Å². The number of amides is 1. The minimum absolute atomic E-state index is 0.0434. The number of likely N-dealkylation sites (N-methyl/N-ethyl adjacent to an activating group) is 3. The number of nitrogens with two attached hydrogens (primary N) is 1. The van der Waals surface area contributed by atoms with Crippen LogP contribution in [0.4, 0.5) is 21.5 Å². The molecule has 6 aromatic rings. The normalized spacial score (nSPS) is 23.9. The Bertz CT molecular complexity index is 5020. The molecule has 3 saturated heterocycles. The van der Waals surface area contributed by atoms with Crippen LogP contribution in [-0.2, 0) is 57.1 Å². The van der Waals surface area contributed by atoms with E-state index in [0.29, 0.717) is 89.7 Å². The van der Waals surface area contributed by atoms with E-state index in [9.17, 15) is 58.1 Å². The van der Waals surface area contributed by atoms with Crippen molar-refractivity contribution in [3.8, 4) is 28.7 Å². The van der Waals surface area contributed by atoms with E-state index in [2.05, 4.69) is 64.5 Å². The SMILES string of the molecule is CCCC(CC)C(=O)O.CCCC(CC)C(=O)OCC(O)CO.CCOC(=O)c1ccc(N)cc1.CCOC(=O)c1ccc(NC(=O)C(O)CO)cc1.COc1ccc2c3c1O[C@H]1[C@@H](CC(=O)C(O)CO)C=C[C@H]4[C@@H](C2)N(C)CC[C@@]341.COc1ccc2c3c1O[C@H]1[C@@H](O)C=C[C@H]4[C@@H](C2)N(C)CC[C@@]341.C[C@H]1COc2c(N3CCN(C)CC3)c(F)cc3c(=O)c(C(=O)O)cn1c23. The van der Waals surface area contributed by atoms with Crippen LogP contribution >= 0.6 is 0 Å². The molecule has 0 saturated carbocycles. The molecule has 16 rings (SSSR count). The van der Waals surface area contributed by atoms with Crippen LogP contribution in [0.5, 0.6) is 28.7 Å². The third-order valence-electron chi connectivity index (χ3n) is 26.1. The zero-order valence-corrected chi connectivity index (χ0v) is 75.7. The van der Waals surface area contributed by atoms with Crippen molar-refractivity contribution in [2.24, 2.45) is 29.6 Å². The summed E-state index contributed by atoms with van der Waals surface area (Å²) in [5.41, 5.74) is 12.2. The molecule has 1 amide bonds. The summed E-state index contributed by atoms with van der Waals surface area (Å²) in [4.78, 5) is 101. The first-order valence-electron chi connectivity index (χ1n) is 44.5. The molecule has 4 aliphatic carbocycles. The average Bonchev–Trinajstić information content (AvgIpc) is 1.54. The number of hydrogen-bond acceptors (Lipinski definition) is 28. The van der Waals surface area contributed by atoms with Gasteiger partial charge >= 0.3 is 29.8 Å². The molecule has 129 heavy (non-hydrogen) atoms. The number of Topliss-reactive ketones (excluding diaryl/α,β-unsaturated/α-hetero) is 1. The molecule has 32 nitrogen and oxygen atoms in total. The number of hydrogen-bond donors (Lipinski definition) is 11. The third kappa shape index (κ3) is 21.9. The number of nitrogens with zero attached hydrogens (tertiary/aromatic N) is 5. The highest BCUT2D eigenvalue weighted by Crippen LogP contribution is 2.65. The van der Waals surface area contributed by atoms with Gasteiger partial charge in [-0.05, 0) is 184 Å². The Morgan fingerprint density at radius 1 is 0.636 bits per heavy atom. The van der Waals surface area contributed by atoms with E-state index in [1.807, 2.05) is 64.8 Å². The summed E-state index contributed by atoms with van der Waals surface area (Å²) >= 11 is 0. The lowest BCUT2D eigenvalue weighted by Crippen LogP contribution is -2.64. The molecule has 5 aromatic carbocycles. The molecule has 5 unspecified atom stereocenters. The van der Waals surface area contributed by atoms with Gasteiger partial charge in [-0.3, -0.25) is 24.0 Å². The van der Waals surface area contributed by atoms with Crippen LogP contribution in [0, 0.1) is 35.4 Å². The Morgan fingerprint density at radius 3 is 1.64 bits per heavy atom. The van der Waals surface area contributed by atoms with E-state index in [4.69, 9.17) is 74.3 Å². The lowest BCUT2D eigenvalue weighted by Gasteiger charge is -2.57. The number of piperidine rings is 2. The minimum Gasteiger partial charge on any atom is -0.493 e. The Hall–Kier alpha value is -10.6. The zero-order valence-electron chi connectivity index (χ0n) is 75.7. The number of nitrogen functional groups attached to an aromatic ring is 1. The van der Waals surface area contributed by atoms with Crippen molar-refractivity contribution >= 4 is 69.5 Å². The highest BCUT2D eigenvalue weighted by molar-refractivity contribution is 5.98. The molecular weight excluding hydrogens is 1670 g/mol. The number of carbonyl (C=O) groups excluding carboxylic acids is 5. The largest absolute Gasteiger partial charge is 0.493 e. The second kappa shape index (κ2) is 45.3. The van der Waals surface area contributed by atoms with E-state index in [0.717, 1.165) is 119 Å². The second-order valence-electron chi connectivity index (χ2n) is 34.2. The number of nitrogens with one attached hydrogen (secondary N) is 1. The smallest absolute Gasteiger partial charge is 0.341 e. The Balaban J connectivity index is 0.000000161. The number of anilines is 3. The summed E-state index contributed by atoms with van der Waals surface area (Å²) in [6, 6.07) is 22.9. The summed E-state index contributed by atoms with van der Waals surface area (Å²) in [6.07, 6.45) is 14.5. The van der Waals surface area contributed by atoms with Gasteiger partial charge in [0.25, 0.3) is 5.91 Å². The maximum atomic E-state index is 15.0. The van der Waals surface area contributed by atoms with Crippen molar-refractivity contribution < 1.29 is 122 Å². The molecule has 2 spiro atoms. The summed E-state index contributed by atoms with van der Waals surface area (Å²) in [6.45, 7) is 17.5. The van der Waals surface area contributed by atoms with E-state index < -0.39 is 72.7 Å². The molecular formula is C96H128FN7O25. The number of aromatic carboxylic acids is 1. The number of ketones is 1. The summed E-state index contributed by atoms with van der Waals surface area (Å²) in [5.74, 6) is -0.568. The van der Waals surface area contributed by atoms with E-state index in [1.165, 1.54) is 52.7 Å². The third-order valence-corrected chi connectivity index (χ3v) is 26.1. The predicted molar refractivity (Wildman–Crippen MR) is 480 cm³/mol. The molecule has 6 aliphatic heterocycles. The molecule has 704 valence electrons. The molecule has 33 heteroatoms. The number of esters is 3. The van der Waals surface area contributed by atoms with Gasteiger partial charge in [0.1, 0.15) is 55.0 Å². The minimum atomic E-state index is -1.46. The molecule has 1 aromatic heterocycles. The number of aliphatic hydroxyl groups is 7.